The lowest BCUT2D eigenvalue weighted by atomic mass is 9.53. The van der Waals surface area contributed by atoms with Gasteiger partial charge < -0.3 is 4.74 Å². The topological polar surface area (TPSA) is 12.5 Å². The van der Waals surface area contributed by atoms with E-state index in [9.17, 15) is 0 Å². The molecular weight excluding hydrogens is 723 g/mol. The molecule has 11 saturated carbocycles. The first-order chi connectivity index (χ1) is 28.8. The van der Waals surface area contributed by atoms with Crippen LogP contribution in [0.4, 0.5) is 0 Å². The van der Waals surface area contributed by atoms with Crippen LogP contribution in [0.25, 0.3) is 0 Å². The first-order valence-electron chi connectivity index (χ1n) is 27.9. The van der Waals surface area contributed by atoms with Gasteiger partial charge in [0.2, 0.25) is 0 Å². The summed E-state index contributed by atoms with van der Waals surface area (Å²) in [4.78, 5) is 3.52. The molecule has 0 N–H and O–H groups in total. The molecule has 1 spiro atoms. The summed E-state index contributed by atoms with van der Waals surface area (Å²) in [6.07, 6.45) is 52.7. The molecule has 324 valence electrons. The molecule has 0 radical (unpaired) electrons. The number of fused-ring (bicyclic) bond motifs is 17. The van der Waals surface area contributed by atoms with Crippen molar-refractivity contribution in [2.75, 3.05) is 0 Å². The second-order valence-corrected chi connectivity index (χ2v) is 26.3. The van der Waals surface area contributed by atoms with Crippen molar-refractivity contribution in [2.24, 2.45) is 88.3 Å². The average Bonchev–Trinajstić information content (AvgIpc) is 4.03. The molecule has 18 unspecified atom stereocenters. The van der Waals surface area contributed by atoms with E-state index in [0.717, 1.165) is 117 Å². The molecule has 2 aliphatic heterocycles. The third-order valence-electron chi connectivity index (χ3n) is 23.5. The van der Waals surface area contributed by atoms with Crippen LogP contribution in [0.15, 0.2) is 0 Å². The number of nitrogens with zero attached hydrogens (tertiary/aromatic N) is 1. The summed E-state index contributed by atoms with van der Waals surface area (Å²) in [6.45, 7) is 0. The van der Waals surface area contributed by atoms with Gasteiger partial charge >= 0.3 is 0 Å². The summed E-state index contributed by atoms with van der Waals surface area (Å²) in [5, 5.41) is 1.95. The second-order valence-electron chi connectivity index (χ2n) is 25.0. The molecule has 2 saturated heterocycles. The Morgan fingerprint density at radius 2 is 0.897 bits per heavy atom. The normalized spacial score (nSPS) is 56.4. The van der Waals surface area contributed by atoms with E-state index in [1.165, 1.54) is 57.8 Å². The fourth-order valence-corrected chi connectivity index (χ4v) is 24.9. The molecule has 0 amide bonds. The highest BCUT2D eigenvalue weighted by Gasteiger charge is 2.73. The Morgan fingerprint density at radius 3 is 1.66 bits per heavy atom. The Balaban J connectivity index is 0.771. The molecule has 13 aliphatic rings. The molecule has 0 aromatic heterocycles. The van der Waals surface area contributed by atoms with Crippen LogP contribution >= 0.6 is 11.8 Å². The highest BCUT2D eigenvalue weighted by atomic mass is 32.2. The van der Waals surface area contributed by atoms with Crippen molar-refractivity contribution >= 4 is 11.8 Å². The van der Waals surface area contributed by atoms with Gasteiger partial charge in [-0.3, -0.25) is 4.90 Å². The molecule has 11 aliphatic carbocycles. The summed E-state index contributed by atoms with van der Waals surface area (Å²) >= 11 is 2.62. The van der Waals surface area contributed by atoms with Gasteiger partial charge in [-0.15, -0.1) is 0 Å². The van der Waals surface area contributed by atoms with Gasteiger partial charge in [-0.25, -0.2) is 0 Å². The lowest BCUT2D eigenvalue weighted by Gasteiger charge is -2.55. The third-order valence-corrected chi connectivity index (χ3v) is 25.5. The van der Waals surface area contributed by atoms with E-state index in [2.05, 4.69) is 16.7 Å². The zero-order valence-corrected chi connectivity index (χ0v) is 38.0. The van der Waals surface area contributed by atoms with Crippen LogP contribution < -0.4 is 0 Å². The molecule has 18 atom stereocenters. The van der Waals surface area contributed by atoms with E-state index in [1.807, 2.05) is 0 Å². The Hall–Kier alpha value is 0.270. The van der Waals surface area contributed by atoms with Crippen LogP contribution in [0.2, 0.25) is 0 Å². The minimum Gasteiger partial charge on any atom is -0.374 e. The summed E-state index contributed by atoms with van der Waals surface area (Å²) in [5.41, 5.74) is 0.761. The maximum Gasteiger partial charge on any atom is 0.0621 e. The quantitative estimate of drug-likeness (QED) is 0.281. The van der Waals surface area contributed by atoms with Gasteiger partial charge in [0, 0.05) is 34.5 Å². The van der Waals surface area contributed by atoms with E-state index >= 15 is 0 Å². The minimum absolute atomic E-state index is 0.626. The van der Waals surface area contributed by atoms with E-state index in [-0.39, 0.29) is 0 Å². The number of thioether (sulfide) groups is 1. The lowest BCUT2D eigenvalue weighted by molar-refractivity contribution is -0.0648. The van der Waals surface area contributed by atoms with Gasteiger partial charge in [0.1, 0.15) is 0 Å². The predicted molar refractivity (Wildman–Crippen MR) is 241 cm³/mol. The number of rotatable bonds is 4. The second kappa shape index (κ2) is 15.8. The van der Waals surface area contributed by atoms with Crippen molar-refractivity contribution in [3.05, 3.63) is 0 Å². The van der Waals surface area contributed by atoms with Crippen molar-refractivity contribution in [3.63, 3.8) is 0 Å². The Kier molecular flexibility index (Phi) is 10.5. The van der Waals surface area contributed by atoms with Crippen molar-refractivity contribution < 1.29 is 4.74 Å². The SMILES string of the molecule is C1CCC(N(C2CCC(C3CCCC4C5CCC6OC7CCCCC7C6C5SC34)CC2)C2CCCC3C2C2CCCCC2C32C3CCCCC3C3CCCCC32)CC1. The van der Waals surface area contributed by atoms with Crippen LogP contribution in [0.1, 0.15) is 212 Å². The number of hydrogen-bond donors (Lipinski definition) is 0. The van der Waals surface area contributed by atoms with Crippen molar-refractivity contribution in [3.8, 4) is 0 Å². The van der Waals surface area contributed by atoms with Crippen molar-refractivity contribution in [1.82, 2.24) is 4.90 Å². The van der Waals surface area contributed by atoms with Gasteiger partial charge in [-0.05, 0) is 211 Å². The summed E-state index contributed by atoms with van der Waals surface area (Å²) < 4.78 is 6.92. The highest BCUT2D eigenvalue weighted by molar-refractivity contribution is 8.00. The van der Waals surface area contributed by atoms with Crippen LogP contribution in [0.5, 0.6) is 0 Å². The molecule has 13 fully saturated rings. The Morgan fingerprint density at radius 1 is 0.345 bits per heavy atom. The van der Waals surface area contributed by atoms with E-state index in [4.69, 9.17) is 4.74 Å². The molecule has 3 heteroatoms. The lowest BCUT2D eigenvalue weighted by Crippen LogP contribution is -2.57. The summed E-state index contributed by atoms with van der Waals surface area (Å²) in [6, 6.07) is 2.77. The van der Waals surface area contributed by atoms with Crippen LogP contribution in [-0.2, 0) is 4.74 Å². The molecule has 13 rings (SSSR count). The Bertz CT molecular complexity index is 1430. The number of ether oxygens (including phenoxy) is 1. The van der Waals surface area contributed by atoms with Gasteiger partial charge in [0.25, 0.3) is 0 Å². The standard InChI is InChI=1S/C55H87NOS/c1-2-14-35(15-3-1)56(48-26-13-25-47-51(48)42-18-6-10-24-46(42)55(47)44-22-8-4-16-38(44)39-17-5-9-23-45(39)55)36-30-28-34(29-31-36)37-20-12-21-40-41-32-33-50-52(54(41)58-53(37)40)43-19-7-11-27-49(43)57-50/h34-54H,1-33H2. The zero-order valence-electron chi connectivity index (χ0n) is 37.2. The smallest absolute Gasteiger partial charge is 0.0621 e. The van der Waals surface area contributed by atoms with Gasteiger partial charge in [0.15, 0.2) is 0 Å². The molecular formula is C55H87NOS. The first kappa shape index (κ1) is 38.7. The van der Waals surface area contributed by atoms with Crippen molar-refractivity contribution in [2.45, 2.75) is 253 Å². The van der Waals surface area contributed by atoms with Crippen LogP contribution in [0.3, 0.4) is 0 Å². The molecule has 0 aromatic carbocycles. The molecule has 0 aromatic rings. The molecule has 0 bridgehead atoms. The highest BCUT2D eigenvalue weighted by Crippen LogP contribution is 2.78. The average molecular weight is 810 g/mol. The van der Waals surface area contributed by atoms with Gasteiger partial charge in [0.05, 0.1) is 12.2 Å². The maximum absolute atomic E-state index is 6.92. The Labute approximate surface area is 360 Å². The molecule has 58 heavy (non-hydrogen) atoms. The first-order valence-corrected chi connectivity index (χ1v) is 28.8. The predicted octanol–water partition coefficient (Wildman–Crippen LogP) is 14.3. The summed E-state index contributed by atoms with van der Waals surface area (Å²) in [5.74, 6) is 14.8. The molecule has 2 heterocycles. The number of hydrogen-bond acceptors (Lipinski definition) is 3. The monoisotopic (exact) mass is 810 g/mol. The fourth-order valence-electron chi connectivity index (χ4n) is 22.3. The minimum atomic E-state index is 0.626. The maximum atomic E-state index is 6.92. The fraction of sp³-hybridized carbons (Fsp3) is 1.00. The summed E-state index contributed by atoms with van der Waals surface area (Å²) in [7, 11) is 0. The largest absolute Gasteiger partial charge is 0.374 e. The van der Waals surface area contributed by atoms with E-state index in [0.29, 0.717) is 12.2 Å². The van der Waals surface area contributed by atoms with Crippen molar-refractivity contribution in [1.29, 1.82) is 0 Å². The molecule has 2 nitrogen and oxygen atoms in total. The van der Waals surface area contributed by atoms with Crippen LogP contribution in [0, 0.1) is 88.3 Å². The van der Waals surface area contributed by atoms with E-state index in [1.54, 1.807) is 154 Å². The zero-order chi connectivity index (χ0) is 38.0. The van der Waals surface area contributed by atoms with Crippen LogP contribution in [-0.4, -0.2) is 45.7 Å². The van der Waals surface area contributed by atoms with Gasteiger partial charge in [-0.1, -0.05) is 83.5 Å². The van der Waals surface area contributed by atoms with Gasteiger partial charge in [-0.2, -0.15) is 11.8 Å². The third kappa shape index (κ3) is 5.86. The van der Waals surface area contributed by atoms with E-state index < -0.39 is 0 Å².